The van der Waals surface area contributed by atoms with E-state index in [4.69, 9.17) is 4.74 Å². The van der Waals surface area contributed by atoms with Crippen LogP contribution in [0.2, 0.25) is 0 Å². The van der Waals surface area contributed by atoms with Crippen molar-refractivity contribution in [1.29, 1.82) is 0 Å². The van der Waals surface area contributed by atoms with Crippen molar-refractivity contribution in [3.63, 3.8) is 0 Å². The van der Waals surface area contributed by atoms with Gasteiger partial charge in [0, 0.05) is 38.7 Å². The smallest absolute Gasteiger partial charge is 0.252 e. The number of rotatable bonds is 8. The van der Waals surface area contributed by atoms with Gasteiger partial charge in [-0.3, -0.25) is 0 Å². The van der Waals surface area contributed by atoms with E-state index in [1.165, 1.54) is 29.7 Å². The topological polar surface area (TPSA) is 83.0 Å². The standard InChI is InChI=1S/C14H26N4O3S2.HI/c1-6-15-14(17-11(2)10-21-5)16-9-12-7-8-13(22-12)23(19,20)18(3)4;/h7-8,11H,6,9-10H2,1-5H3,(H2,15,16,17);1H. The van der Waals surface area contributed by atoms with Crippen LogP contribution in [0.25, 0.3) is 0 Å². The number of sulfonamides is 1. The molecule has 140 valence electrons. The van der Waals surface area contributed by atoms with Crippen LogP contribution in [-0.2, 0) is 21.3 Å². The maximum absolute atomic E-state index is 12.1. The summed E-state index contributed by atoms with van der Waals surface area (Å²) in [6.45, 7) is 5.74. The number of ether oxygens (including phenoxy) is 1. The molecule has 1 rings (SSSR count). The Hall–Kier alpha value is -0.430. The zero-order valence-electron chi connectivity index (χ0n) is 14.7. The van der Waals surface area contributed by atoms with Crippen LogP contribution in [0.1, 0.15) is 18.7 Å². The molecule has 24 heavy (non-hydrogen) atoms. The fraction of sp³-hybridized carbons (Fsp3) is 0.643. The Kier molecular flexibility index (Phi) is 11.0. The lowest BCUT2D eigenvalue weighted by Crippen LogP contribution is -2.43. The van der Waals surface area contributed by atoms with Gasteiger partial charge in [0.2, 0.25) is 0 Å². The van der Waals surface area contributed by atoms with Crippen molar-refractivity contribution in [2.45, 2.75) is 30.6 Å². The molecule has 0 saturated heterocycles. The van der Waals surface area contributed by atoms with Crippen LogP contribution in [0.15, 0.2) is 21.3 Å². The SMILES string of the molecule is CCNC(=NCc1ccc(S(=O)(=O)N(C)C)s1)NC(C)COC.I. The molecule has 0 fully saturated rings. The molecule has 2 N–H and O–H groups in total. The van der Waals surface area contributed by atoms with Crippen molar-refractivity contribution in [3.05, 3.63) is 17.0 Å². The summed E-state index contributed by atoms with van der Waals surface area (Å²) in [5, 5.41) is 6.40. The van der Waals surface area contributed by atoms with E-state index in [1.54, 1.807) is 19.2 Å². The van der Waals surface area contributed by atoms with Gasteiger partial charge in [0.05, 0.1) is 13.2 Å². The maximum Gasteiger partial charge on any atom is 0.252 e. The number of methoxy groups -OCH3 is 1. The van der Waals surface area contributed by atoms with Crippen molar-refractivity contribution < 1.29 is 13.2 Å². The minimum atomic E-state index is -3.38. The number of nitrogens with one attached hydrogen (secondary N) is 2. The lowest BCUT2D eigenvalue weighted by molar-refractivity contribution is 0.179. The first-order valence-corrected chi connectivity index (χ1v) is 9.62. The second-order valence-electron chi connectivity index (χ2n) is 5.20. The molecule has 1 aromatic heterocycles. The summed E-state index contributed by atoms with van der Waals surface area (Å²) in [6, 6.07) is 3.55. The van der Waals surface area contributed by atoms with E-state index in [9.17, 15) is 8.42 Å². The predicted molar refractivity (Wildman–Crippen MR) is 110 cm³/mol. The summed E-state index contributed by atoms with van der Waals surface area (Å²) >= 11 is 1.24. The zero-order chi connectivity index (χ0) is 17.5. The number of aliphatic imine (C=N–C) groups is 1. The molecule has 0 aromatic carbocycles. The van der Waals surface area contributed by atoms with Gasteiger partial charge in [-0.25, -0.2) is 17.7 Å². The largest absolute Gasteiger partial charge is 0.383 e. The Bertz CT molecular complexity index is 617. The van der Waals surface area contributed by atoms with Crippen LogP contribution in [0, 0.1) is 0 Å². The van der Waals surface area contributed by atoms with E-state index in [0.717, 1.165) is 11.4 Å². The van der Waals surface area contributed by atoms with Gasteiger partial charge in [-0.05, 0) is 26.0 Å². The second-order valence-corrected chi connectivity index (χ2v) is 8.75. The number of hydrogen-bond donors (Lipinski definition) is 2. The van der Waals surface area contributed by atoms with E-state index in [-0.39, 0.29) is 30.0 Å². The van der Waals surface area contributed by atoms with Gasteiger partial charge < -0.3 is 15.4 Å². The first-order valence-electron chi connectivity index (χ1n) is 7.36. The number of thiophene rings is 1. The van der Waals surface area contributed by atoms with Gasteiger partial charge in [-0.2, -0.15) is 0 Å². The van der Waals surface area contributed by atoms with Crippen molar-refractivity contribution in [2.24, 2.45) is 4.99 Å². The first-order chi connectivity index (χ1) is 10.8. The molecule has 1 heterocycles. The van der Waals surface area contributed by atoms with Crippen molar-refractivity contribution in [2.75, 3.05) is 34.4 Å². The van der Waals surface area contributed by atoms with Gasteiger partial charge in [-0.1, -0.05) is 0 Å². The number of nitrogens with zero attached hydrogens (tertiary/aromatic N) is 2. The highest BCUT2D eigenvalue weighted by Gasteiger charge is 2.19. The third kappa shape index (κ3) is 7.21. The van der Waals surface area contributed by atoms with Gasteiger partial charge in [0.1, 0.15) is 4.21 Å². The molecule has 0 bridgehead atoms. The zero-order valence-corrected chi connectivity index (χ0v) is 18.7. The molecule has 0 saturated carbocycles. The van der Waals surface area contributed by atoms with Crippen LogP contribution in [0.4, 0.5) is 0 Å². The van der Waals surface area contributed by atoms with Crippen molar-refractivity contribution >= 4 is 51.3 Å². The summed E-state index contributed by atoms with van der Waals surface area (Å²) < 4.78 is 30.8. The normalized spacial score (nSPS) is 13.5. The molecule has 10 heteroatoms. The summed E-state index contributed by atoms with van der Waals surface area (Å²) in [6.07, 6.45) is 0. The van der Waals surface area contributed by atoms with Crippen LogP contribution >= 0.6 is 35.3 Å². The minimum absolute atomic E-state index is 0. The first kappa shape index (κ1) is 23.6. The molecule has 1 aromatic rings. The summed E-state index contributed by atoms with van der Waals surface area (Å²) in [4.78, 5) is 5.38. The third-order valence-electron chi connectivity index (χ3n) is 2.91. The fourth-order valence-electron chi connectivity index (χ4n) is 1.76. The Morgan fingerprint density at radius 3 is 2.62 bits per heavy atom. The van der Waals surface area contributed by atoms with Crippen LogP contribution in [0.3, 0.4) is 0 Å². The summed E-state index contributed by atoms with van der Waals surface area (Å²) in [5.74, 6) is 0.683. The average molecular weight is 490 g/mol. The lowest BCUT2D eigenvalue weighted by atomic mass is 10.4. The fourth-order valence-corrected chi connectivity index (χ4v) is 4.21. The summed E-state index contributed by atoms with van der Waals surface area (Å²) in [5.41, 5.74) is 0. The minimum Gasteiger partial charge on any atom is -0.383 e. The third-order valence-corrected chi connectivity index (χ3v) is 6.26. The quantitative estimate of drug-likeness (QED) is 0.330. The highest BCUT2D eigenvalue weighted by Crippen LogP contribution is 2.24. The molecule has 7 nitrogen and oxygen atoms in total. The molecular formula is C14H27IN4O3S2. The Morgan fingerprint density at radius 2 is 2.08 bits per heavy atom. The van der Waals surface area contributed by atoms with E-state index in [1.807, 2.05) is 13.8 Å². The molecule has 0 radical (unpaired) electrons. The number of hydrogen-bond acceptors (Lipinski definition) is 5. The summed E-state index contributed by atoms with van der Waals surface area (Å²) in [7, 11) is 1.33. The average Bonchev–Trinajstić information content (AvgIpc) is 2.94. The van der Waals surface area contributed by atoms with Gasteiger partial charge in [0.15, 0.2) is 5.96 Å². The monoisotopic (exact) mass is 490 g/mol. The van der Waals surface area contributed by atoms with E-state index in [2.05, 4.69) is 15.6 Å². The predicted octanol–water partition coefficient (Wildman–Crippen LogP) is 1.71. The van der Waals surface area contributed by atoms with Crippen LogP contribution in [0.5, 0.6) is 0 Å². The molecule has 1 unspecified atom stereocenters. The van der Waals surface area contributed by atoms with Crippen molar-refractivity contribution in [1.82, 2.24) is 14.9 Å². The Balaban J connectivity index is 0.00000529. The highest BCUT2D eigenvalue weighted by molar-refractivity contribution is 14.0. The van der Waals surface area contributed by atoms with Gasteiger partial charge in [-0.15, -0.1) is 35.3 Å². The van der Waals surface area contributed by atoms with E-state index in [0.29, 0.717) is 23.3 Å². The van der Waals surface area contributed by atoms with Crippen LogP contribution in [-0.4, -0.2) is 59.1 Å². The molecule has 0 amide bonds. The number of guanidine groups is 1. The highest BCUT2D eigenvalue weighted by atomic mass is 127. The maximum atomic E-state index is 12.1. The number of halogens is 1. The molecule has 0 aliphatic carbocycles. The molecule has 0 spiro atoms. The van der Waals surface area contributed by atoms with Gasteiger partial charge >= 0.3 is 0 Å². The van der Waals surface area contributed by atoms with Crippen molar-refractivity contribution in [3.8, 4) is 0 Å². The molecular weight excluding hydrogens is 463 g/mol. The molecule has 0 aliphatic heterocycles. The van der Waals surface area contributed by atoms with Crippen LogP contribution < -0.4 is 10.6 Å². The second kappa shape index (κ2) is 11.2. The van der Waals surface area contributed by atoms with Gasteiger partial charge in [0.25, 0.3) is 10.0 Å². The Labute approximate surface area is 165 Å². The molecule has 1 atom stereocenters. The van der Waals surface area contributed by atoms with E-state index < -0.39 is 10.0 Å². The Morgan fingerprint density at radius 1 is 1.42 bits per heavy atom. The van der Waals surface area contributed by atoms with E-state index >= 15 is 0 Å². The molecule has 0 aliphatic rings. The lowest BCUT2D eigenvalue weighted by Gasteiger charge is -2.16.